The first kappa shape index (κ1) is 12.6. The van der Waals surface area contributed by atoms with E-state index in [4.69, 9.17) is 0 Å². The monoisotopic (exact) mass is 264 g/mol. The zero-order valence-corrected chi connectivity index (χ0v) is 12.0. The summed E-state index contributed by atoms with van der Waals surface area (Å²) < 4.78 is 0. The number of nitrogens with zero attached hydrogens (tertiary/aromatic N) is 1. The predicted molar refractivity (Wildman–Crippen MR) is 77.0 cm³/mol. The van der Waals surface area contributed by atoms with Crippen molar-refractivity contribution in [2.24, 2.45) is 0 Å². The Balaban J connectivity index is 1.55. The van der Waals surface area contributed by atoms with Gasteiger partial charge in [0.2, 0.25) is 0 Å². The molecule has 0 bridgehead atoms. The Morgan fingerprint density at radius 3 is 2.50 bits per heavy atom. The maximum atomic E-state index is 4.69. The first-order chi connectivity index (χ1) is 8.92. The van der Waals surface area contributed by atoms with Crippen molar-refractivity contribution in [1.29, 1.82) is 0 Å². The number of thiazole rings is 1. The summed E-state index contributed by atoms with van der Waals surface area (Å²) in [6.07, 6.45) is 14.7. The fourth-order valence-electron chi connectivity index (χ4n) is 2.83. The number of aromatic nitrogens is 1. The van der Waals surface area contributed by atoms with Crippen molar-refractivity contribution >= 4 is 11.3 Å². The van der Waals surface area contributed by atoms with Gasteiger partial charge in [-0.3, -0.25) is 0 Å². The van der Waals surface area contributed by atoms with E-state index in [0.29, 0.717) is 0 Å². The molecule has 2 nitrogen and oxygen atoms in total. The molecule has 0 aromatic carbocycles. The summed E-state index contributed by atoms with van der Waals surface area (Å²) in [6, 6.07) is 0.803. The van der Waals surface area contributed by atoms with Crippen LogP contribution in [-0.4, -0.2) is 11.0 Å². The topological polar surface area (TPSA) is 24.9 Å². The minimum atomic E-state index is 0.755. The number of rotatable bonds is 4. The summed E-state index contributed by atoms with van der Waals surface area (Å²) in [5, 5.41) is 4.99. The van der Waals surface area contributed by atoms with E-state index in [1.807, 2.05) is 11.3 Å². The van der Waals surface area contributed by atoms with Gasteiger partial charge in [-0.15, -0.1) is 11.3 Å². The zero-order chi connectivity index (χ0) is 12.2. The van der Waals surface area contributed by atoms with Crippen LogP contribution in [0.15, 0.2) is 6.20 Å². The summed E-state index contributed by atoms with van der Waals surface area (Å²) in [5.74, 6) is 0.755. The second-order valence-corrected chi connectivity index (χ2v) is 7.01. The molecule has 0 aliphatic heterocycles. The van der Waals surface area contributed by atoms with Crippen LogP contribution in [0.1, 0.15) is 73.6 Å². The third kappa shape index (κ3) is 3.55. The van der Waals surface area contributed by atoms with Gasteiger partial charge in [0.25, 0.3) is 0 Å². The fourth-order valence-corrected chi connectivity index (χ4v) is 3.87. The quantitative estimate of drug-likeness (QED) is 0.880. The SMILES string of the molecule is c1nc(C2CCCCCCC2)sc1CNC1CC1. The van der Waals surface area contributed by atoms with Gasteiger partial charge in [0, 0.05) is 29.6 Å². The molecule has 100 valence electrons. The fraction of sp³-hybridized carbons (Fsp3) is 0.800. The van der Waals surface area contributed by atoms with Crippen LogP contribution in [0.5, 0.6) is 0 Å². The molecule has 1 aromatic rings. The third-order valence-corrected chi connectivity index (χ3v) is 5.33. The number of hydrogen-bond acceptors (Lipinski definition) is 3. The zero-order valence-electron chi connectivity index (χ0n) is 11.2. The number of hydrogen-bond donors (Lipinski definition) is 1. The van der Waals surface area contributed by atoms with E-state index in [0.717, 1.165) is 18.5 Å². The maximum Gasteiger partial charge on any atom is 0.0959 e. The molecule has 2 fully saturated rings. The second kappa shape index (κ2) is 6.16. The van der Waals surface area contributed by atoms with Crippen LogP contribution in [0.4, 0.5) is 0 Å². The van der Waals surface area contributed by atoms with Gasteiger partial charge in [0.15, 0.2) is 0 Å². The van der Waals surface area contributed by atoms with Gasteiger partial charge < -0.3 is 5.32 Å². The average molecular weight is 264 g/mol. The molecule has 3 heteroatoms. The second-order valence-electron chi connectivity index (χ2n) is 5.86. The molecular formula is C15H24N2S. The Bertz CT molecular complexity index is 362. The van der Waals surface area contributed by atoms with Crippen molar-refractivity contribution in [2.45, 2.75) is 76.3 Å². The first-order valence-electron chi connectivity index (χ1n) is 7.60. The molecule has 1 heterocycles. The lowest BCUT2D eigenvalue weighted by molar-refractivity contribution is 0.454. The third-order valence-electron chi connectivity index (χ3n) is 4.17. The largest absolute Gasteiger partial charge is 0.309 e. The molecule has 0 radical (unpaired) electrons. The van der Waals surface area contributed by atoms with Gasteiger partial charge in [0.1, 0.15) is 0 Å². The van der Waals surface area contributed by atoms with Crippen molar-refractivity contribution in [3.8, 4) is 0 Å². The van der Waals surface area contributed by atoms with Crippen LogP contribution >= 0.6 is 11.3 Å². The Hall–Kier alpha value is -0.410. The van der Waals surface area contributed by atoms with E-state index in [1.54, 1.807) is 0 Å². The standard InChI is InChI=1S/C15H24N2S/c1-2-4-6-12(7-5-3-1)15-17-11-14(18-15)10-16-13-8-9-13/h11-13,16H,1-10H2. The van der Waals surface area contributed by atoms with E-state index in [9.17, 15) is 0 Å². The van der Waals surface area contributed by atoms with Crippen LogP contribution < -0.4 is 5.32 Å². The smallest absolute Gasteiger partial charge is 0.0959 e. The molecule has 3 rings (SSSR count). The number of nitrogens with one attached hydrogen (secondary N) is 1. The lowest BCUT2D eigenvalue weighted by Crippen LogP contribution is -2.14. The van der Waals surface area contributed by atoms with Crippen molar-refractivity contribution in [2.75, 3.05) is 0 Å². The summed E-state index contributed by atoms with van der Waals surface area (Å²) in [5.41, 5.74) is 0. The lowest BCUT2D eigenvalue weighted by Gasteiger charge is -2.17. The summed E-state index contributed by atoms with van der Waals surface area (Å²) in [4.78, 5) is 6.12. The Morgan fingerprint density at radius 1 is 1.06 bits per heavy atom. The molecule has 2 aliphatic carbocycles. The van der Waals surface area contributed by atoms with E-state index in [2.05, 4.69) is 16.5 Å². The molecule has 2 saturated carbocycles. The first-order valence-corrected chi connectivity index (χ1v) is 8.41. The van der Waals surface area contributed by atoms with Crippen molar-refractivity contribution in [3.05, 3.63) is 16.1 Å². The minimum Gasteiger partial charge on any atom is -0.309 e. The highest BCUT2D eigenvalue weighted by Gasteiger charge is 2.21. The normalized spacial score (nSPS) is 22.7. The van der Waals surface area contributed by atoms with Crippen LogP contribution in [0.25, 0.3) is 0 Å². The lowest BCUT2D eigenvalue weighted by atomic mass is 9.92. The van der Waals surface area contributed by atoms with E-state index >= 15 is 0 Å². The van der Waals surface area contributed by atoms with E-state index in [1.165, 1.54) is 67.7 Å². The molecule has 2 aliphatic rings. The molecule has 18 heavy (non-hydrogen) atoms. The van der Waals surface area contributed by atoms with Gasteiger partial charge >= 0.3 is 0 Å². The summed E-state index contributed by atoms with van der Waals surface area (Å²) in [7, 11) is 0. The van der Waals surface area contributed by atoms with Crippen LogP contribution in [0.3, 0.4) is 0 Å². The minimum absolute atomic E-state index is 0.755. The van der Waals surface area contributed by atoms with Gasteiger partial charge in [-0.1, -0.05) is 32.1 Å². The van der Waals surface area contributed by atoms with Crippen LogP contribution in [0, 0.1) is 0 Å². The van der Waals surface area contributed by atoms with Crippen molar-refractivity contribution < 1.29 is 0 Å². The summed E-state index contributed by atoms with van der Waals surface area (Å²) >= 11 is 1.95. The Morgan fingerprint density at radius 2 is 1.78 bits per heavy atom. The Kier molecular flexibility index (Phi) is 4.32. The van der Waals surface area contributed by atoms with Gasteiger partial charge in [-0.05, 0) is 25.7 Å². The summed E-state index contributed by atoms with van der Waals surface area (Å²) in [6.45, 7) is 1.04. The van der Waals surface area contributed by atoms with Crippen LogP contribution in [0.2, 0.25) is 0 Å². The van der Waals surface area contributed by atoms with E-state index < -0.39 is 0 Å². The molecule has 1 N–H and O–H groups in total. The van der Waals surface area contributed by atoms with Crippen molar-refractivity contribution in [3.63, 3.8) is 0 Å². The molecule has 1 aromatic heterocycles. The highest BCUT2D eigenvalue weighted by Crippen LogP contribution is 2.33. The molecule has 0 atom stereocenters. The van der Waals surface area contributed by atoms with Crippen molar-refractivity contribution in [1.82, 2.24) is 10.3 Å². The molecule has 0 unspecified atom stereocenters. The van der Waals surface area contributed by atoms with Gasteiger partial charge in [-0.25, -0.2) is 4.98 Å². The average Bonchev–Trinajstić information content (AvgIpc) is 3.05. The van der Waals surface area contributed by atoms with E-state index in [-0.39, 0.29) is 0 Å². The molecule has 0 spiro atoms. The highest BCUT2D eigenvalue weighted by molar-refractivity contribution is 7.11. The molecule has 0 amide bonds. The molecular weight excluding hydrogens is 240 g/mol. The molecule has 0 saturated heterocycles. The predicted octanol–water partition coefficient (Wildman–Crippen LogP) is 4.22. The highest BCUT2D eigenvalue weighted by atomic mass is 32.1. The van der Waals surface area contributed by atoms with Gasteiger partial charge in [0.05, 0.1) is 5.01 Å². The van der Waals surface area contributed by atoms with Gasteiger partial charge in [-0.2, -0.15) is 0 Å². The van der Waals surface area contributed by atoms with Crippen LogP contribution in [-0.2, 0) is 6.54 Å². The Labute approximate surface area is 114 Å². The maximum absolute atomic E-state index is 4.69.